The van der Waals surface area contributed by atoms with E-state index in [9.17, 15) is 0 Å². The summed E-state index contributed by atoms with van der Waals surface area (Å²) >= 11 is 0. The quantitative estimate of drug-likeness (QED) is 0.185. The first-order valence-electron chi connectivity index (χ1n) is 2.80. The Kier molecular flexibility index (Phi) is 3.59. The van der Waals surface area contributed by atoms with E-state index >= 15 is 0 Å². The fourth-order valence-corrected chi connectivity index (χ4v) is 0.393. The first kappa shape index (κ1) is 8.07. The van der Waals surface area contributed by atoms with E-state index in [0.717, 1.165) is 0 Å². The summed E-state index contributed by atoms with van der Waals surface area (Å²) in [6.07, 6.45) is 0. The summed E-state index contributed by atoms with van der Waals surface area (Å²) in [5.41, 5.74) is 0. The second-order valence-electron chi connectivity index (χ2n) is 1.94. The molecule has 0 spiro atoms. The number of amidine groups is 1. The Morgan fingerprint density at radius 1 is 1.44 bits per heavy atom. The summed E-state index contributed by atoms with van der Waals surface area (Å²) in [6, 6.07) is 0. The Labute approximate surface area is 54.9 Å². The zero-order valence-corrected chi connectivity index (χ0v) is 6.00. The highest BCUT2D eigenvalue weighted by molar-refractivity contribution is 5.83. The summed E-state index contributed by atoms with van der Waals surface area (Å²) in [7, 11) is 1.59. The van der Waals surface area contributed by atoms with Gasteiger partial charge in [-0.05, 0) is 0 Å². The highest BCUT2D eigenvalue weighted by atomic mass is 15.2. The zero-order valence-electron chi connectivity index (χ0n) is 6.00. The van der Waals surface area contributed by atoms with E-state index < -0.39 is 0 Å². The molecule has 0 saturated heterocycles. The van der Waals surface area contributed by atoms with E-state index in [-0.39, 0.29) is 5.92 Å². The minimum absolute atomic E-state index is 0.249. The number of hydrogen-bond donors (Lipinski definition) is 1. The van der Waals surface area contributed by atoms with Gasteiger partial charge in [-0.1, -0.05) is 13.8 Å². The third-order valence-corrected chi connectivity index (χ3v) is 0.851. The average Bonchev–Trinajstić information content (AvgIpc) is 1.82. The van der Waals surface area contributed by atoms with Crippen LogP contribution in [0.3, 0.4) is 0 Å². The van der Waals surface area contributed by atoms with Crippen LogP contribution in [0.5, 0.6) is 0 Å². The minimum atomic E-state index is 0.249. The molecule has 0 saturated carbocycles. The van der Waals surface area contributed by atoms with Crippen LogP contribution in [0.1, 0.15) is 13.8 Å². The number of nitrogens with zero attached hydrogens (tertiary/aromatic N) is 3. The van der Waals surface area contributed by atoms with Gasteiger partial charge in [0.15, 0.2) is 5.84 Å². The molecule has 0 aliphatic heterocycles. The minimum Gasteiger partial charge on any atom is -0.321 e. The molecule has 2 N–H and O–H groups in total. The van der Waals surface area contributed by atoms with Crippen LogP contribution in [0.2, 0.25) is 0 Å². The molecule has 4 heteroatoms. The highest BCUT2D eigenvalue weighted by Crippen LogP contribution is 1.96. The molecule has 0 unspecified atom stereocenters. The third-order valence-electron chi connectivity index (χ3n) is 0.851. The smallest absolute Gasteiger partial charge is 0.172 e. The van der Waals surface area contributed by atoms with Crippen LogP contribution in [-0.2, 0) is 0 Å². The SMILES string of the molecule is CN=N/C(=N\N)C(C)C. The summed E-state index contributed by atoms with van der Waals surface area (Å²) in [5, 5.41) is 10.7. The van der Waals surface area contributed by atoms with Crippen molar-refractivity contribution in [3.05, 3.63) is 0 Å². The van der Waals surface area contributed by atoms with E-state index in [0.29, 0.717) is 5.84 Å². The lowest BCUT2D eigenvalue weighted by Crippen LogP contribution is -2.05. The lowest BCUT2D eigenvalue weighted by atomic mass is 10.2. The van der Waals surface area contributed by atoms with Gasteiger partial charge < -0.3 is 5.84 Å². The average molecular weight is 128 g/mol. The predicted molar refractivity (Wildman–Crippen MR) is 37.2 cm³/mol. The molecule has 0 aromatic heterocycles. The molecule has 0 bridgehead atoms. The van der Waals surface area contributed by atoms with Crippen LogP contribution in [0, 0.1) is 5.92 Å². The second kappa shape index (κ2) is 4.00. The lowest BCUT2D eigenvalue weighted by molar-refractivity contribution is 0.851. The molecule has 0 aliphatic rings. The molecule has 0 heterocycles. The van der Waals surface area contributed by atoms with E-state index in [2.05, 4.69) is 15.3 Å². The van der Waals surface area contributed by atoms with E-state index in [1.807, 2.05) is 13.8 Å². The predicted octanol–water partition coefficient (Wildman–Crippen LogP) is 0.997. The normalized spacial score (nSPS) is 13.6. The van der Waals surface area contributed by atoms with Crippen molar-refractivity contribution in [1.29, 1.82) is 0 Å². The highest BCUT2D eigenvalue weighted by Gasteiger charge is 2.00. The van der Waals surface area contributed by atoms with Gasteiger partial charge >= 0.3 is 0 Å². The number of hydrogen-bond acceptors (Lipinski definition) is 3. The van der Waals surface area contributed by atoms with Gasteiger partial charge in [0, 0.05) is 13.0 Å². The molecule has 4 nitrogen and oxygen atoms in total. The Morgan fingerprint density at radius 3 is 2.11 bits per heavy atom. The van der Waals surface area contributed by atoms with Crippen molar-refractivity contribution in [3.63, 3.8) is 0 Å². The first-order chi connectivity index (χ1) is 4.22. The van der Waals surface area contributed by atoms with Crippen molar-refractivity contribution in [2.24, 2.45) is 27.1 Å². The molecule has 0 aliphatic carbocycles. The van der Waals surface area contributed by atoms with Gasteiger partial charge in [0.1, 0.15) is 0 Å². The molecular weight excluding hydrogens is 116 g/mol. The summed E-state index contributed by atoms with van der Waals surface area (Å²) in [6.45, 7) is 3.92. The second-order valence-corrected chi connectivity index (χ2v) is 1.94. The van der Waals surface area contributed by atoms with Crippen molar-refractivity contribution in [1.82, 2.24) is 0 Å². The van der Waals surface area contributed by atoms with Crippen molar-refractivity contribution >= 4 is 5.84 Å². The van der Waals surface area contributed by atoms with Crippen LogP contribution >= 0.6 is 0 Å². The molecule has 0 amide bonds. The lowest BCUT2D eigenvalue weighted by Gasteiger charge is -1.98. The number of rotatable bonds is 1. The van der Waals surface area contributed by atoms with Gasteiger partial charge in [-0.2, -0.15) is 10.2 Å². The molecule has 52 valence electrons. The molecule has 0 rings (SSSR count). The van der Waals surface area contributed by atoms with Gasteiger partial charge in [-0.3, -0.25) is 0 Å². The Bertz CT molecular complexity index is 125. The van der Waals surface area contributed by atoms with Crippen molar-refractivity contribution in [2.75, 3.05) is 7.05 Å². The largest absolute Gasteiger partial charge is 0.321 e. The van der Waals surface area contributed by atoms with Crippen molar-refractivity contribution < 1.29 is 0 Å². The van der Waals surface area contributed by atoms with Crippen LogP contribution in [-0.4, -0.2) is 12.9 Å². The van der Waals surface area contributed by atoms with Crippen LogP contribution in [0.4, 0.5) is 0 Å². The van der Waals surface area contributed by atoms with Crippen LogP contribution in [0.25, 0.3) is 0 Å². The molecule has 9 heavy (non-hydrogen) atoms. The summed E-state index contributed by atoms with van der Waals surface area (Å²) in [5.74, 6) is 5.82. The number of hydrazone groups is 1. The van der Waals surface area contributed by atoms with E-state index in [1.165, 1.54) is 0 Å². The van der Waals surface area contributed by atoms with Crippen LogP contribution in [0.15, 0.2) is 15.3 Å². The molecule has 0 atom stereocenters. The number of nitrogens with two attached hydrogens (primary N) is 1. The maximum atomic E-state index is 4.99. The maximum absolute atomic E-state index is 4.99. The zero-order chi connectivity index (χ0) is 7.28. The fraction of sp³-hybridized carbons (Fsp3) is 0.800. The molecule has 0 fully saturated rings. The molecule has 0 aromatic rings. The van der Waals surface area contributed by atoms with Gasteiger partial charge in [-0.25, -0.2) is 0 Å². The Hall–Kier alpha value is -0.930. The van der Waals surface area contributed by atoms with Gasteiger partial charge in [0.2, 0.25) is 0 Å². The fourth-order valence-electron chi connectivity index (χ4n) is 0.393. The first-order valence-corrected chi connectivity index (χ1v) is 2.80. The topological polar surface area (TPSA) is 63.1 Å². The summed E-state index contributed by atoms with van der Waals surface area (Å²) in [4.78, 5) is 0. The van der Waals surface area contributed by atoms with Gasteiger partial charge in [-0.15, -0.1) is 5.11 Å². The summed E-state index contributed by atoms with van der Waals surface area (Å²) < 4.78 is 0. The van der Waals surface area contributed by atoms with Gasteiger partial charge in [0.25, 0.3) is 0 Å². The molecule has 0 radical (unpaired) electrons. The van der Waals surface area contributed by atoms with Crippen LogP contribution < -0.4 is 5.84 Å². The van der Waals surface area contributed by atoms with E-state index in [1.54, 1.807) is 7.05 Å². The molecular formula is C5H12N4. The monoisotopic (exact) mass is 128 g/mol. The standard InChI is InChI=1S/C5H12N4/c1-4(2)5(8-6)9-7-3/h4H,6H2,1-3H3/b8-5-,9-7?. The Morgan fingerprint density at radius 2 is 2.00 bits per heavy atom. The maximum Gasteiger partial charge on any atom is 0.172 e. The number of azo groups is 1. The van der Waals surface area contributed by atoms with Crippen molar-refractivity contribution in [2.45, 2.75) is 13.8 Å². The van der Waals surface area contributed by atoms with Gasteiger partial charge in [0.05, 0.1) is 0 Å². The van der Waals surface area contributed by atoms with E-state index in [4.69, 9.17) is 5.84 Å². The Balaban J connectivity index is 4.01. The van der Waals surface area contributed by atoms with Crippen molar-refractivity contribution in [3.8, 4) is 0 Å². The third kappa shape index (κ3) is 2.79. The molecule has 0 aromatic carbocycles.